The molecule has 6 aromatic carbocycles. The van der Waals surface area contributed by atoms with Gasteiger partial charge in [-0.3, -0.25) is 18.2 Å². The number of fused-ring (bicyclic) bond motifs is 2. The molecular weight excluding hydrogens is 937 g/mol. The molecule has 28 heteroatoms. The number of azo groups is 2. The zero-order chi connectivity index (χ0) is 42.9. The van der Waals surface area contributed by atoms with E-state index in [0.29, 0.717) is 22.3 Å². The third-order valence-electron chi connectivity index (χ3n) is 8.70. The summed E-state index contributed by atoms with van der Waals surface area (Å²) in [7, 11) is -19.7. The van der Waals surface area contributed by atoms with Crippen LogP contribution in [0.2, 0.25) is 0 Å². The van der Waals surface area contributed by atoms with E-state index >= 15 is 0 Å². The van der Waals surface area contributed by atoms with E-state index in [1.54, 1.807) is 38.1 Å². The van der Waals surface area contributed by atoms with E-state index in [0.717, 1.165) is 36.4 Å². The second-order valence-electron chi connectivity index (χ2n) is 12.7. The predicted molar refractivity (Wildman–Crippen MR) is 232 cm³/mol. The van der Waals surface area contributed by atoms with Crippen molar-refractivity contribution in [1.82, 2.24) is 0 Å². The van der Waals surface area contributed by atoms with Gasteiger partial charge < -0.3 is 21.7 Å². The van der Waals surface area contributed by atoms with Crippen LogP contribution in [-0.4, -0.2) is 180 Å². The van der Waals surface area contributed by atoms with Crippen molar-refractivity contribution in [3.8, 4) is 22.6 Å². The molecule has 62 heavy (non-hydrogen) atoms. The molecule has 0 aliphatic carbocycles. The average molecular weight is 965 g/mol. The SMILES string of the molecule is Cc1cc(-c2ccc(N=Nc3c(S(=O)(=O)O)cc4cc(S(=O)(=O)O)cc(N)c4c3O)c(C)c2)ccc1N=Nc1c(S(=O)(=O)O)cc2cc(S(=O)(=O)O)cc(N)c2c1O.[Na].[Na].[Na].[Na]. The van der Waals surface area contributed by atoms with Crippen molar-refractivity contribution in [2.45, 2.75) is 33.4 Å². The molecule has 0 aromatic heterocycles. The summed E-state index contributed by atoms with van der Waals surface area (Å²) in [5.41, 5.74) is 12.4. The summed E-state index contributed by atoms with van der Waals surface area (Å²) >= 11 is 0. The maximum absolute atomic E-state index is 12.3. The minimum Gasteiger partial charge on any atom is -0.505 e. The van der Waals surface area contributed by atoms with Crippen LogP contribution in [0.5, 0.6) is 11.5 Å². The van der Waals surface area contributed by atoms with Crippen LogP contribution >= 0.6 is 0 Å². The molecule has 306 valence electrons. The van der Waals surface area contributed by atoms with E-state index < -0.39 is 82.9 Å². The Bertz CT molecular complexity index is 3100. The van der Waals surface area contributed by atoms with Crippen LogP contribution < -0.4 is 11.5 Å². The molecule has 20 nitrogen and oxygen atoms in total. The number of rotatable bonds is 9. The van der Waals surface area contributed by atoms with E-state index in [1.165, 1.54) is 12.1 Å². The van der Waals surface area contributed by atoms with E-state index in [-0.39, 0.29) is 163 Å². The van der Waals surface area contributed by atoms with Gasteiger partial charge in [-0.15, -0.1) is 10.2 Å². The first-order valence-electron chi connectivity index (χ1n) is 15.9. The number of nitrogen functional groups attached to an aromatic ring is 2. The van der Waals surface area contributed by atoms with E-state index in [9.17, 15) is 62.1 Å². The third-order valence-corrected chi connectivity index (χ3v) is 12.1. The number of phenolic OH excluding ortho intramolecular Hbond substituents is 2. The van der Waals surface area contributed by atoms with Gasteiger partial charge in [0.15, 0.2) is 11.5 Å². The van der Waals surface area contributed by atoms with Gasteiger partial charge in [0.2, 0.25) is 0 Å². The molecule has 0 amide bonds. The monoisotopic (exact) mass is 964 g/mol. The summed E-state index contributed by atoms with van der Waals surface area (Å²) in [5, 5.41) is 36.9. The molecule has 0 aliphatic rings. The van der Waals surface area contributed by atoms with E-state index in [4.69, 9.17) is 11.5 Å². The molecule has 0 aliphatic heterocycles. The van der Waals surface area contributed by atoms with Gasteiger partial charge in [-0.05, 0) is 108 Å². The largest absolute Gasteiger partial charge is 0.505 e. The molecule has 0 saturated carbocycles. The minimum absolute atomic E-state index is 0. The van der Waals surface area contributed by atoms with Gasteiger partial charge in [-0.2, -0.15) is 43.9 Å². The maximum atomic E-state index is 12.3. The van der Waals surface area contributed by atoms with E-state index in [1.807, 2.05) is 0 Å². The summed E-state index contributed by atoms with van der Waals surface area (Å²) in [6.45, 7) is 3.29. The van der Waals surface area contributed by atoms with Crippen LogP contribution in [0.25, 0.3) is 32.7 Å². The van der Waals surface area contributed by atoms with Crippen molar-refractivity contribution >= 4 is 214 Å². The Labute approximate surface area is 442 Å². The van der Waals surface area contributed by atoms with Gasteiger partial charge in [-0.25, -0.2) is 0 Å². The molecule has 10 N–H and O–H groups in total. The Morgan fingerprint density at radius 3 is 1.05 bits per heavy atom. The number of aryl methyl sites for hydroxylation is 2. The van der Waals surface area contributed by atoms with Crippen molar-refractivity contribution in [2.24, 2.45) is 20.5 Å². The Kier molecular flexibility index (Phi) is 18.6. The molecule has 0 bridgehead atoms. The molecule has 0 unspecified atom stereocenters. The molecule has 0 atom stereocenters. The second kappa shape index (κ2) is 20.6. The molecular formula is C34H28N6Na4O14S4. The Hall–Kier alpha value is -2.12. The Balaban J connectivity index is 0.00000331. The van der Waals surface area contributed by atoms with Gasteiger partial charge in [0, 0.05) is 140 Å². The van der Waals surface area contributed by atoms with Crippen LogP contribution in [0.15, 0.2) is 113 Å². The summed E-state index contributed by atoms with van der Waals surface area (Å²) in [4.78, 5) is -3.25. The van der Waals surface area contributed by atoms with Crippen molar-refractivity contribution in [1.29, 1.82) is 0 Å². The molecule has 6 rings (SSSR count). The first-order chi connectivity index (χ1) is 26.8. The fraction of sp³-hybridized carbons (Fsp3) is 0.0588. The van der Waals surface area contributed by atoms with Crippen LogP contribution in [0, 0.1) is 13.8 Å². The van der Waals surface area contributed by atoms with Crippen molar-refractivity contribution < 1.29 is 62.1 Å². The molecule has 0 spiro atoms. The zero-order valence-corrected chi connectivity index (χ0v) is 44.7. The first-order valence-corrected chi connectivity index (χ1v) is 21.6. The fourth-order valence-corrected chi connectivity index (χ4v) is 8.39. The number of nitrogens with two attached hydrogens (primary N) is 2. The van der Waals surface area contributed by atoms with Gasteiger partial charge in [0.1, 0.15) is 21.2 Å². The summed E-state index contributed by atoms with van der Waals surface area (Å²) in [6, 6.07) is 14.6. The minimum atomic E-state index is -5.08. The maximum Gasteiger partial charge on any atom is 0.296 e. The molecule has 0 heterocycles. The molecule has 0 saturated heterocycles. The quantitative estimate of drug-likeness (QED) is 0.0402. The Morgan fingerprint density at radius 2 is 0.774 bits per heavy atom. The van der Waals surface area contributed by atoms with E-state index in [2.05, 4.69) is 20.5 Å². The smallest absolute Gasteiger partial charge is 0.296 e. The average Bonchev–Trinajstić information content (AvgIpc) is 3.09. The van der Waals surface area contributed by atoms with Crippen molar-refractivity contribution in [3.05, 3.63) is 83.9 Å². The number of hydrogen-bond acceptors (Lipinski definition) is 16. The topological polar surface area (TPSA) is 359 Å². The predicted octanol–water partition coefficient (Wildman–Crippen LogP) is 5.15. The fourth-order valence-electron chi connectivity index (χ4n) is 5.97. The molecule has 4 radical (unpaired) electrons. The molecule has 0 fully saturated rings. The van der Waals surface area contributed by atoms with Crippen molar-refractivity contribution in [2.75, 3.05) is 11.5 Å². The van der Waals surface area contributed by atoms with Gasteiger partial charge in [0.25, 0.3) is 40.5 Å². The number of hydrogen-bond donors (Lipinski definition) is 8. The summed E-state index contributed by atoms with van der Waals surface area (Å²) in [5.74, 6) is -1.70. The van der Waals surface area contributed by atoms with Crippen LogP contribution in [-0.2, 0) is 40.5 Å². The number of benzene rings is 6. The van der Waals surface area contributed by atoms with Crippen molar-refractivity contribution in [3.63, 3.8) is 0 Å². The number of phenols is 2. The zero-order valence-electron chi connectivity index (χ0n) is 33.5. The number of nitrogens with zero attached hydrogens (tertiary/aromatic N) is 4. The van der Waals surface area contributed by atoms with Gasteiger partial charge >= 0.3 is 0 Å². The van der Waals surface area contributed by atoms with Gasteiger partial charge in [-0.1, -0.05) is 12.1 Å². The Morgan fingerprint density at radius 1 is 0.452 bits per heavy atom. The van der Waals surface area contributed by atoms with Crippen LogP contribution in [0.4, 0.5) is 34.1 Å². The third kappa shape index (κ3) is 11.8. The number of anilines is 2. The summed E-state index contributed by atoms with van der Waals surface area (Å²) < 4.78 is 134. The first kappa shape index (κ1) is 56.0. The van der Waals surface area contributed by atoms with Gasteiger partial charge in [0.05, 0.1) is 21.2 Å². The second-order valence-corrected chi connectivity index (χ2v) is 18.3. The van der Waals surface area contributed by atoms with Crippen LogP contribution in [0.1, 0.15) is 11.1 Å². The summed E-state index contributed by atoms with van der Waals surface area (Å²) in [6.07, 6.45) is 0. The normalized spacial score (nSPS) is 12.2. The molecule has 6 aromatic rings. The number of aromatic hydroxyl groups is 2. The standard InChI is InChI=1S/C34H28N6O14S4.4Na/c1-15-7-17(3-5-25(15)37-39-31-27(57(49,50)51)11-19-9-21(55(43,44)45)13-23(35)29(19)33(31)41)18-4-6-26(16(2)8-18)38-40-32-28(58(52,53)54)12-20-10-22(56(46,47)48)14-24(36)30(20)34(32)42;;;;/h3-14,41-42H,35-36H2,1-2H3,(H,43,44,45)(H,46,47,48)(H,49,50,51)(H,52,53,54);;;;. The van der Waals surface area contributed by atoms with Crippen LogP contribution in [0.3, 0.4) is 0 Å².